The molecule has 0 bridgehead atoms. The highest BCUT2D eigenvalue weighted by Gasteiger charge is 2.29. The van der Waals surface area contributed by atoms with Crippen LogP contribution in [0.25, 0.3) is 0 Å². The SMILES string of the molecule is COc1ccccc1C(=O)OP(=O)(OC)OC. The van der Waals surface area contributed by atoms with Gasteiger partial charge in [0.1, 0.15) is 11.3 Å². The van der Waals surface area contributed by atoms with Crippen molar-refractivity contribution in [2.45, 2.75) is 0 Å². The number of phosphoric acid groups is 1. The fourth-order valence-electron chi connectivity index (χ4n) is 1.11. The molecule has 0 aromatic heterocycles. The van der Waals surface area contributed by atoms with Crippen LogP contribution in [0.4, 0.5) is 0 Å². The van der Waals surface area contributed by atoms with E-state index in [4.69, 9.17) is 4.74 Å². The quantitative estimate of drug-likeness (QED) is 0.756. The fourth-order valence-corrected chi connectivity index (χ4v) is 1.71. The molecule has 6 nitrogen and oxygen atoms in total. The molecule has 0 spiro atoms. The molecule has 1 aromatic carbocycles. The number of methoxy groups -OCH3 is 1. The van der Waals surface area contributed by atoms with E-state index >= 15 is 0 Å². The second-order valence-corrected chi connectivity index (χ2v) is 4.70. The zero-order valence-electron chi connectivity index (χ0n) is 9.71. The summed E-state index contributed by atoms with van der Waals surface area (Å²) < 4.78 is 30.2. The van der Waals surface area contributed by atoms with E-state index < -0.39 is 13.8 Å². The highest BCUT2D eigenvalue weighted by atomic mass is 31.2. The summed E-state index contributed by atoms with van der Waals surface area (Å²) in [7, 11) is -0.174. The first-order valence-electron chi connectivity index (χ1n) is 4.64. The average Bonchev–Trinajstić information content (AvgIpc) is 2.38. The first-order chi connectivity index (χ1) is 8.06. The van der Waals surface area contributed by atoms with Gasteiger partial charge in [-0.3, -0.25) is 9.05 Å². The number of rotatable bonds is 5. The number of carbonyl (C=O) groups excluding carboxylic acids is 1. The van der Waals surface area contributed by atoms with Gasteiger partial charge in [0.15, 0.2) is 0 Å². The van der Waals surface area contributed by atoms with E-state index in [9.17, 15) is 9.36 Å². The molecule has 0 amide bonds. The van der Waals surface area contributed by atoms with Crippen molar-refractivity contribution in [2.24, 2.45) is 0 Å². The van der Waals surface area contributed by atoms with Gasteiger partial charge in [0.2, 0.25) is 0 Å². The molecule has 0 aliphatic carbocycles. The zero-order chi connectivity index (χ0) is 12.9. The molecule has 0 aliphatic rings. The lowest BCUT2D eigenvalue weighted by molar-refractivity contribution is 0.0638. The average molecular weight is 260 g/mol. The molecule has 17 heavy (non-hydrogen) atoms. The first kappa shape index (κ1) is 13.7. The van der Waals surface area contributed by atoms with Crippen LogP contribution in [0.3, 0.4) is 0 Å². The molecule has 0 N–H and O–H groups in total. The Hall–Kier alpha value is -1.36. The third kappa shape index (κ3) is 3.30. The van der Waals surface area contributed by atoms with Crippen molar-refractivity contribution in [3.8, 4) is 5.75 Å². The van der Waals surface area contributed by atoms with Crippen molar-refractivity contribution in [1.82, 2.24) is 0 Å². The highest BCUT2D eigenvalue weighted by molar-refractivity contribution is 7.49. The van der Waals surface area contributed by atoms with Crippen molar-refractivity contribution in [1.29, 1.82) is 0 Å². The lowest BCUT2D eigenvalue weighted by atomic mass is 10.2. The van der Waals surface area contributed by atoms with Crippen LogP contribution in [0.2, 0.25) is 0 Å². The normalized spacial score (nSPS) is 11.0. The summed E-state index contributed by atoms with van der Waals surface area (Å²) in [5.74, 6) is -0.522. The van der Waals surface area contributed by atoms with Gasteiger partial charge in [0, 0.05) is 14.2 Å². The van der Waals surface area contributed by atoms with Crippen LogP contribution in [-0.4, -0.2) is 27.3 Å². The van der Waals surface area contributed by atoms with E-state index in [1.807, 2.05) is 0 Å². The van der Waals surface area contributed by atoms with Gasteiger partial charge in [-0.15, -0.1) is 0 Å². The Labute approximate surface area is 99.1 Å². The standard InChI is InChI=1S/C10H13O6P/c1-13-9-7-5-4-6-8(9)10(11)16-17(12,14-2)15-3/h4-7H,1-3H3. The van der Waals surface area contributed by atoms with E-state index in [1.165, 1.54) is 13.2 Å². The van der Waals surface area contributed by atoms with Crippen LogP contribution in [0.15, 0.2) is 24.3 Å². The molecule has 0 saturated carbocycles. The summed E-state index contributed by atoms with van der Waals surface area (Å²) in [6.07, 6.45) is 0. The summed E-state index contributed by atoms with van der Waals surface area (Å²) in [5, 5.41) is 0. The maximum Gasteiger partial charge on any atom is 0.531 e. The van der Waals surface area contributed by atoms with Crippen LogP contribution in [-0.2, 0) is 18.1 Å². The van der Waals surface area contributed by atoms with Crippen molar-refractivity contribution in [3.05, 3.63) is 29.8 Å². The van der Waals surface area contributed by atoms with Crippen LogP contribution in [0, 0.1) is 0 Å². The second-order valence-electron chi connectivity index (χ2n) is 2.89. The molecule has 0 heterocycles. The van der Waals surface area contributed by atoms with Gasteiger partial charge in [-0.2, -0.15) is 0 Å². The van der Waals surface area contributed by atoms with Gasteiger partial charge in [-0.25, -0.2) is 9.36 Å². The van der Waals surface area contributed by atoms with Crippen LogP contribution >= 0.6 is 7.82 Å². The lowest BCUT2D eigenvalue weighted by Gasteiger charge is -2.13. The Balaban J connectivity index is 2.94. The van der Waals surface area contributed by atoms with Gasteiger partial charge >= 0.3 is 13.8 Å². The van der Waals surface area contributed by atoms with Gasteiger partial charge < -0.3 is 9.26 Å². The maximum atomic E-state index is 11.7. The summed E-state index contributed by atoms with van der Waals surface area (Å²) in [6, 6.07) is 6.39. The van der Waals surface area contributed by atoms with E-state index in [1.54, 1.807) is 18.2 Å². The predicted molar refractivity (Wildman–Crippen MR) is 60.0 cm³/mol. The lowest BCUT2D eigenvalue weighted by Crippen LogP contribution is -2.07. The first-order valence-corrected chi connectivity index (χ1v) is 6.11. The molecule has 1 rings (SSSR count). The Bertz CT molecular complexity index is 436. The molecule has 0 fully saturated rings. The van der Waals surface area contributed by atoms with Gasteiger partial charge in [0.25, 0.3) is 0 Å². The molecule has 94 valence electrons. The van der Waals surface area contributed by atoms with Gasteiger partial charge in [-0.05, 0) is 12.1 Å². The van der Waals surface area contributed by atoms with Gasteiger partial charge in [0.05, 0.1) is 7.11 Å². The molecule has 1 aromatic rings. The van der Waals surface area contributed by atoms with E-state index in [0.29, 0.717) is 5.75 Å². The number of para-hydroxylation sites is 1. The Morgan fingerprint density at radius 3 is 2.24 bits per heavy atom. The third-order valence-electron chi connectivity index (χ3n) is 1.97. The van der Waals surface area contributed by atoms with Crippen molar-refractivity contribution in [3.63, 3.8) is 0 Å². The molecule has 0 atom stereocenters. The molecule has 0 aliphatic heterocycles. The molecule has 7 heteroatoms. The molecule has 0 saturated heterocycles. The van der Waals surface area contributed by atoms with Crippen molar-refractivity contribution >= 4 is 13.8 Å². The minimum atomic E-state index is -3.84. The minimum Gasteiger partial charge on any atom is -0.496 e. The van der Waals surface area contributed by atoms with Gasteiger partial charge in [-0.1, -0.05) is 12.1 Å². The topological polar surface area (TPSA) is 71.1 Å². The zero-order valence-corrected chi connectivity index (χ0v) is 10.6. The number of ether oxygens (including phenoxy) is 1. The molecular weight excluding hydrogens is 247 g/mol. The number of benzene rings is 1. The summed E-state index contributed by atoms with van der Waals surface area (Å²) in [5.41, 5.74) is 0.143. The smallest absolute Gasteiger partial charge is 0.496 e. The van der Waals surface area contributed by atoms with Crippen molar-refractivity contribution < 1.29 is 27.7 Å². The number of phosphoric ester groups is 1. The van der Waals surface area contributed by atoms with Crippen LogP contribution in [0.1, 0.15) is 10.4 Å². The largest absolute Gasteiger partial charge is 0.531 e. The maximum absolute atomic E-state index is 11.7. The Kier molecular flexibility index (Phi) is 4.69. The monoisotopic (exact) mass is 260 g/mol. The van der Waals surface area contributed by atoms with Crippen LogP contribution in [0.5, 0.6) is 5.75 Å². The van der Waals surface area contributed by atoms with E-state index in [0.717, 1.165) is 14.2 Å². The molecular formula is C10H13O6P. The van der Waals surface area contributed by atoms with Crippen LogP contribution < -0.4 is 4.74 Å². The second kappa shape index (κ2) is 5.82. The highest BCUT2D eigenvalue weighted by Crippen LogP contribution is 2.48. The number of hydrogen-bond donors (Lipinski definition) is 0. The minimum absolute atomic E-state index is 0.143. The summed E-state index contributed by atoms with van der Waals surface area (Å²) in [4.78, 5) is 11.7. The molecule has 0 radical (unpaired) electrons. The van der Waals surface area contributed by atoms with E-state index in [2.05, 4.69) is 13.6 Å². The Morgan fingerprint density at radius 2 is 1.71 bits per heavy atom. The summed E-state index contributed by atoms with van der Waals surface area (Å²) >= 11 is 0. The Morgan fingerprint density at radius 1 is 1.12 bits per heavy atom. The van der Waals surface area contributed by atoms with Crippen molar-refractivity contribution in [2.75, 3.05) is 21.3 Å². The third-order valence-corrected chi connectivity index (χ3v) is 3.25. The van der Waals surface area contributed by atoms with E-state index in [-0.39, 0.29) is 5.56 Å². The number of carbonyl (C=O) groups is 1. The predicted octanol–water partition coefficient (Wildman–Crippen LogP) is 2.25. The number of hydrogen-bond acceptors (Lipinski definition) is 6. The summed E-state index contributed by atoms with van der Waals surface area (Å²) in [6.45, 7) is 0. The molecule has 0 unspecified atom stereocenters. The fraction of sp³-hybridized carbons (Fsp3) is 0.300.